The van der Waals surface area contributed by atoms with Gasteiger partial charge in [0, 0.05) is 28.8 Å². The number of nitrogens with one attached hydrogen (secondary N) is 1. The quantitative estimate of drug-likeness (QED) is 0.491. The lowest BCUT2D eigenvalue weighted by molar-refractivity contribution is 0.380. The largest absolute Gasteiger partial charge is 0.356 e. The fourth-order valence-electron chi connectivity index (χ4n) is 3.15. The summed E-state index contributed by atoms with van der Waals surface area (Å²) in [6.07, 6.45) is 3.65. The van der Waals surface area contributed by atoms with E-state index in [2.05, 4.69) is 20.0 Å². The van der Waals surface area contributed by atoms with Gasteiger partial charge in [-0.15, -0.1) is 0 Å². The fraction of sp³-hybridized carbons (Fsp3) is 0.190. The number of benzene rings is 2. The Morgan fingerprint density at radius 3 is 2.47 bits per heavy atom. The third-order valence-corrected chi connectivity index (χ3v) is 6.49. The zero-order valence-corrected chi connectivity index (χ0v) is 16.9. The van der Waals surface area contributed by atoms with Gasteiger partial charge in [0.15, 0.2) is 5.76 Å². The summed E-state index contributed by atoms with van der Waals surface area (Å²) in [5.74, 6) is 1.95. The maximum absolute atomic E-state index is 13.0. The molecule has 1 saturated carbocycles. The summed E-state index contributed by atoms with van der Waals surface area (Å²) in [5.41, 5.74) is 2.46. The molecule has 1 aliphatic carbocycles. The molecule has 30 heavy (non-hydrogen) atoms. The molecule has 0 aliphatic heterocycles. The normalized spacial score (nSPS) is 14.0. The first-order chi connectivity index (χ1) is 14.5. The van der Waals surface area contributed by atoms with Crippen LogP contribution in [0.2, 0.25) is 0 Å². The number of hydrogen-bond acceptors (Lipinski definition) is 7. The predicted molar refractivity (Wildman–Crippen MR) is 109 cm³/mol. The zero-order valence-electron chi connectivity index (χ0n) is 16.1. The van der Waals surface area contributed by atoms with Crippen LogP contribution in [0.1, 0.15) is 30.2 Å². The average Bonchev–Trinajstić information content (AvgIpc) is 3.23. The van der Waals surface area contributed by atoms with Crippen LogP contribution in [0.15, 0.2) is 68.7 Å². The summed E-state index contributed by atoms with van der Waals surface area (Å²) in [4.78, 5) is 4.57. The second kappa shape index (κ2) is 7.10. The van der Waals surface area contributed by atoms with Crippen LogP contribution in [-0.4, -0.2) is 23.7 Å². The van der Waals surface area contributed by atoms with Gasteiger partial charge in [-0.25, -0.2) is 8.42 Å². The highest BCUT2D eigenvalue weighted by atomic mass is 32.2. The van der Waals surface area contributed by atoms with E-state index >= 15 is 0 Å². The smallest absolute Gasteiger partial charge is 0.262 e. The van der Waals surface area contributed by atoms with Crippen molar-refractivity contribution in [3.63, 3.8) is 0 Å². The number of hydrogen-bond donors (Lipinski definition) is 1. The second-order valence-corrected chi connectivity index (χ2v) is 8.92. The maximum Gasteiger partial charge on any atom is 0.262 e. The van der Waals surface area contributed by atoms with Gasteiger partial charge in [-0.1, -0.05) is 22.4 Å². The third kappa shape index (κ3) is 3.59. The topological polar surface area (TPSA) is 111 Å². The number of anilines is 1. The minimum Gasteiger partial charge on any atom is -0.356 e. The van der Waals surface area contributed by atoms with Crippen molar-refractivity contribution >= 4 is 15.7 Å². The SMILES string of the molecule is Cc1ccc(-c2noc(C3CC3)n2)cc1S(=O)(=O)Nc1ccc(-c2ccno2)cc1. The summed E-state index contributed by atoms with van der Waals surface area (Å²) < 4.78 is 39.1. The van der Waals surface area contributed by atoms with Crippen LogP contribution in [0.5, 0.6) is 0 Å². The van der Waals surface area contributed by atoms with Crippen molar-refractivity contribution in [2.24, 2.45) is 0 Å². The van der Waals surface area contributed by atoms with E-state index in [9.17, 15) is 8.42 Å². The Bertz CT molecular complexity index is 1290. The molecule has 152 valence electrons. The number of rotatable bonds is 6. The van der Waals surface area contributed by atoms with Gasteiger partial charge in [0.25, 0.3) is 10.0 Å². The van der Waals surface area contributed by atoms with Gasteiger partial charge in [-0.05, 0) is 55.7 Å². The van der Waals surface area contributed by atoms with Crippen LogP contribution in [0, 0.1) is 6.92 Å². The van der Waals surface area contributed by atoms with Gasteiger partial charge in [-0.3, -0.25) is 4.72 Å². The average molecular weight is 422 g/mol. The highest BCUT2D eigenvalue weighted by Gasteiger charge is 2.30. The molecule has 0 amide bonds. The number of aromatic nitrogens is 3. The molecule has 0 unspecified atom stereocenters. The molecule has 4 aromatic rings. The van der Waals surface area contributed by atoms with Gasteiger partial charge in [0.05, 0.1) is 11.1 Å². The van der Waals surface area contributed by atoms with E-state index in [0.29, 0.717) is 40.2 Å². The lowest BCUT2D eigenvalue weighted by Gasteiger charge is -2.11. The van der Waals surface area contributed by atoms with Crippen LogP contribution >= 0.6 is 0 Å². The van der Waals surface area contributed by atoms with Gasteiger partial charge in [0.2, 0.25) is 11.7 Å². The first-order valence-corrected chi connectivity index (χ1v) is 11.0. The van der Waals surface area contributed by atoms with E-state index in [1.165, 1.54) is 0 Å². The fourth-order valence-corrected chi connectivity index (χ4v) is 4.48. The third-order valence-electron chi connectivity index (χ3n) is 4.96. The molecule has 0 radical (unpaired) electrons. The van der Waals surface area contributed by atoms with Crippen molar-refractivity contribution in [1.82, 2.24) is 15.3 Å². The molecule has 0 atom stereocenters. The first kappa shape index (κ1) is 18.6. The van der Waals surface area contributed by atoms with Crippen molar-refractivity contribution in [3.05, 3.63) is 66.2 Å². The molecule has 1 N–H and O–H groups in total. The molecule has 1 fully saturated rings. The molecule has 2 aromatic carbocycles. The van der Waals surface area contributed by atoms with Gasteiger partial charge < -0.3 is 9.05 Å². The Labute approximate surface area is 173 Å². The minimum absolute atomic E-state index is 0.164. The van der Waals surface area contributed by atoms with Crippen LogP contribution < -0.4 is 4.72 Å². The zero-order chi connectivity index (χ0) is 20.7. The van der Waals surface area contributed by atoms with Crippen molar-refractivity contribution in [1.29, 1.82) is 0 Å². The van der Waals surface area contributed by atoms with Crippen molar-refractivity contribution in [3.8, 4) is 22.7 Å². The molecule has 9 heteroatoms. The molecule has 0 saturated heterocycles. The predicted octanol–water partition coefficient (Wildman–Crippen LogP) is 4.38. The summed E-state index contributed by atoms with van der Waals surface area (Å²) in [6, 6.07) is 13.7. The van der Waals surface area contributed by atoms with Crippen LogP contribution in [0.25, 0.3) is 22.7 Å². The van der Waals surface area contributed by atoms with Crippen molar-refractivity contribution in [2.45, 2.75) is 30.6 Å². The molecule has 8 nitrogen and oxygen atoms in total. The number of aryl methyl sites for hydroxylation is 1. The Morgan fingerprint density at radius 1 is 1.00 bits per heavy atom. The molecule has 0 bridgehead atoms. The molecular weight excluding hydrogens is 404 g/mol. The van der Waals surface area contributed by atoms with E-state index < -0.39 is 10.0 Å². The molecule has 5 rings (SSSR count). The first-order valence-electron chi connectivity index (χ1n) is 9.48. The van der Waals surface area contributed by atoms with Crippen molar-refractivity contribution < 1.29 is 17.5 Å². The standard InChI is InChI=1S/C21H18N4O4S/c1-13-2-3-16(20-23-21(29-24-20)15-4-5-15)12-19(13)30(26,27)25-17-8-6-14(7-9-17)18-10-11-22-28-18/h2-3,6-12,15,25H,4-5H2,1H3. The van der Waals surface area contributed by atoms with Gasteiger partial charge in [0.1, 0.15) is 0 Å². The molecule has 1 aliphatic rings. The Kier molecular flexibility index (Phi) is 4.39. The van der Waals surface area contributed by atoms with E-state index in [-0.39, 0.29) is 4.90 Å². The number of sulfonamides is 1. The van der Waals surface area contributed by atoms with Gasteiger partial charge in [-0.2, -0.15) is 4.98 Å². The van der Waals surface area contributed by atoms with E-state index in [0.717, 1.165) is 18.4 Å². The second-order valence-electron chi connectivity index (χ2n) is 7.27. The number of nitrogens with zero attached hydrogens (tertiary/aromatic N) is 3. The van der Waals surface area contributed by atoms with E-state index in [4.69, 9.17) is 9.05 Å². The summed E-state index contributed by atoms with van der Waals surface area (Å²) in [6.45, 7) is 1.75. The molecular formula is C21H18N4O4S. The Hall–Kier alpha value is -3.46. The summed E-state index contributed by atoms with van der Waals surface area (Å²) in [5, 5.41) is 7.68. The van der Waals surface area contributed by atoms with Crippen molar-refractivity contribution in [2.75, 3.05) is 4.72 Å². The molecule has 0 spiro atoms. The van der Waals surface area contributed by atoms with Crippen LogP contribution in [0.4, 0.5) is 5.69 Å². The highest BCUT2D eigenvalue weighted by Crippen LogP contribution is 2.39. The van der Waals surface area contributed by atoms with E-state index in [1.807, 2.05) is 0 Å². The van der Waals surface area contributed by atoms with Gasteiger partial charge >= 0.3 is 0 Å². The maximum atomic E-state index is 13.0. The summed E-state index contributed by atoms with van der Waals surface area (Å²) >= 11 is 0. The lowest BCUT2D eigenvalue weighted by Crippen LogP contribution is -2.14. The monoisotopic (exact) mass is 422 g/mol. The lowest BCUT2D eigenvalue weighted by atomic mass is 10.1. The molecule has 2 aromatic heterocycles. The molecule has 2 heterocycles. The summed E-state index contributed by atoms with van der Waals surface area (Å²) in [7, 11) is -3.81. The van der Waals surface area contributed by atoms with Crippen LogP contribution in [0.3, 0.4) is 0 Å². The van der Waals surface area contributed by atoms with Crippen LogP contribution in [-0.2, 0) is 10.0 Å². The highest BCUT2D eigenvalue weighted by molar-refractivity contribution is 7.92. The van der Waals surface area contributed by atoms with E-state index in [1.54, 1.807) is 61.7 Å². The minimum atomic E-state index is -3.81. The Balaban J connectivity index is 1.41. The Morgan fingerprint density at radius 2 is 1.77 bits per heavy atom.